The fraction of sp³-hybridized carbons (Fsp3) is 0.235. The van der Waals surface area contributed by atoms with Gasteiger partial charge in [-0.1, -0.05) is 11.6 Å². The molecule has 0 saturated carbocycles. The van der Waals surface area contributed by atoms with Crippen molar-refractivity contribution >= 4 is 44.9 Å². The van der Waals surface area contributed by atoms with E-state index in [-0.39, 0.29) is 18.1 Å². The number of ether oxygens (including phenoxy) is 1. The first-order chi connectivity index (χ1) is 12.1. The fourth-order valence-corrected chi connectivity index (χ4v) is 3.74. The van der Waals surface area contributed by atoms with E-state index < -0.39 is 0 Å². The van der Waals surface area contributed by atoms with Crippen molar-refractivity contribution in [3.05, 3.63) is 50.3 Å². The monoisotopic (exact) mass is 376 g/mol. The van der Waals surface area contributed by atoms with Gasteiger partial charge in [-0.2, -0.15) is 0 Å². The lowest BCUT2D eigenvalue weighted by Crippen LogP contribution is -2.20. The molecule has 0 fully saturated rings. The van der Waals surface area contributed by atoms with E-state index in [4.69, 9.17) is 20.8 Å². The molecule has 8 heteroatoms. The molecule has 0 saturated heterocycles. The second-order valence-corrected chi connectivity index (χ2v) is 6.95. The molecule has 0 atom stereocenters. The maximum atomic E-state index is 12.1. The number of anilines is 1. The predicted octanol–water partition coefficient (Wildman–Crippen LogP) is 3.41. The third-order valence-electron chi connectivity index (χ3n) is 4.06. The van der Waals surface area contributed by atoms with Crippen LogP contribution in [0.15, 0.2) is 32.9 Å². The fourth-order valence-electron chi connectivity index (χ4n) is 2.98. The van der Waals surface area contributed by atoms with Crippen molar-refractivity contribution in [3.8, 4) is 5.75 Å². The van der Waals surface area contributed by atoms with Crippen LogP contribution in [0.2, 0.25) is 5.02 Å². The van der Waals surface area contributed by atoms with Crippen molar-refractivity contribution in [1.29, 1.82) is 0 Å². The second-order valence-electron chi connectivity index (χ2n) is 5.65. The van der Waals surface area contributed by atoms with E-state index in [0.29, 0.717) is 21.5 Å². The zero-order valence-electron chi connectivity index (χ0n) is 13.0. The summed E-state index contributed by atoms with van der Waals surface area (Å²) in [6, 6.07) is 3.30. The van der Waals surface area contributed by atoms with Crippen LogP contribution in [0, 0.1) is 0 Å². The zero-order chi connectivity index (χ0) is 17.4. The Hall–Kier alpha value is -2.38. The highest BCUT2D eigenvalue weighted by Crippen LogP contribution is 2.34. The van der Waals surface area contributed by atoms with Gasteiger partial charge in [-0.3, -0.25) is 10.1 Å². The van der Waals surface area contributed by atoms with Crippen LogP contribution in [0.1, 0.15) is 17.5 Å². The molecular formula is C17H13ClN2O4S. The summed E-state index contributed by atoms with van der Waals surface area (Å²) in [5.41, 5.74) is 1.85. The minimum atomic E-state index is -0.346. The smallest absolute Gasteiger partial charge is 0.339 e. The lowest BCUT2D eigenvalue weighted by Gasteiger charge is -2.10. The number of benzene rings is 1. The lowest BCUT2D eigenvalue weighted by molar-refractivity contribution is -0.118. The van der Waals surface area contributed by atoms with Crippen molar-refractivity contribution in [1.82, 2.24) is 4.98 Å². The van der Waals surface area contributed by atoms with Gasteiger partial charge in [0.1, 0.15) is 11.3 Å². The summed E-state index contributed by atoms with van der Waals surface area (Å²) in [4.78, 5) is 27.9. The van der Waals surface area contributed by atoms with E-state index in [1.165, 1.54) is 11.3 Å². The first-order valence-corrected chi connectivity index (χ1v) is 8.98. The molecule has 2 aromatic heterocycles. The van der Waals surface area contributed by atoms with E-state index in [9.17, 15) is 9.59 Å². The van der Waals surface area contributed by atoms with Crippen molar-refractivity contribution < 1.29 is 13.9 Å². The Kier molecular flexibility index (Phi) is 4.19. The first-order valence-electron chi connectivity index (χ1n) is 7.72. The van der Waals surface area contributed by atoms with Crippen molar-refractivity contribution in [3.63, 3.8) is 0 Å². The molecule has 1 N–H and O–H groups in total. The molecule has 1 amide bonds. The number of nitrogens with zero attached hydrogens (tertiary/aromatic N) is 1. The quantitative estimate of drug-likeness (QED) is 0.705. The molecule has 0 radical (unpaired) electrons. The molecule has 0 bridgehead atoms. The summed E-state index contributed by atoms with van der Waals surface area (Å²) in [5.74, 6) is -0.0499. The van der Waals surface area contributed by atoms with Crippen molar-refractivity contribution in [2.75, 3.05) is 11.9 Å². The van der Waals surface area contributed by atoms with Crippen LogP contribution in [-0.2, 0) is 17.6 Å². The average molecular weight is 377 g/mol. The number of aromatic nitrogens is 1. The predicted molar refractivity (Wildman–Crippen MR) is 95.8 cm³/mol. The Labute approximate surface area is 151 Å². The van der Waals surface area contributed by atoms with Crippen LogP contribution in [-0.4, -0.2) is 17.5 Å². The lowest BCUT2D eigenvalue weighted by atomic mass is 10.1. The summed E-state index contributed by atoms with van der Waals surface area (Å²) >= 11 is 7.60. The Morgan fingerprint density at radius 1 is 1.36 bits per heavy atom. The Morgan fingerprint density at radius 3 is 3.00 bits per heavy atom. The van der Waals surface area contributed by atoms with Gasteiger partial charge in [0.15, 0.2) is 11.7 Å². The Balaban J connectivity index is 1.58. The molecule has 25 heavy (non-hydrogen) atoms. The summed E-state index contributed by atoms with van der Waals surface area (Å²) in [5, 5.41) is 6.08. The third kappa shape index (κ3) is 3.12. The number of carbonyl (C=O) groups is 1. The van der Waals surface area contributed by atoms with Crippen LogP contribution >= 0.6 is 22.9 Å². The standard InChI is InChI=1S/C17H13ClN2O4S/c18-12-6-11-9-2-1-3-10(9)16(22)24-13(11)7-14(12)23-8-15(21)20-17-19-4-5-25-17/h4-7H,1-3,8H2,(H,19,20,21). The first kappa shape index (κ1) is 16.1. The highest BCUT2D eigenvalue weighted by molar-refractivity contribution is 7.13. The molecule has 128 valence electrons. The summed E-state index contributed by atoms with van der Waals surface area (Å²) in [6.07, 6.45) is 4.11. The molecule has 2 heterocycles. The SMILES string of the molecule is O=C(COc1cc2oc(=O)c3c(c2cc1Cl)CCC3)Nc1nccs1. The number of amides is 1. The molecule has 0 aliphatic heterocycles. The van der Waals surface area contributed by atoms with Crippen LogP contribution in [0.25, 0.3) is 11.0 Å². The number of nitrogens with one attached hydrogen (secondary N) is 1. The molecule has 6 nitrogen and oxygen atoms in total. The van der Waals surface area contributed by atoms with Gasteiger partial charge in [0, 0.05) is 28.6 Å². The highest BCUT2D eigenvalue weighted by atomic mass is 35.5. The summed E-state index contributed by atoms with van der Waals surface area (Å²) < 4.78 is 10.9. The van der Waals surface area contributed by atoms with Gasteiger partial charge in [0.25, 0.3) is 5.91 Å². The topological polar surface area (TPSA) is 81.4 Å². The maximum Gasteiger partial charge on any atom is 0.339 e. The molecule has 1 aliphatic carbocycles. The van der Waals surface area contributed by atoms with Crippen LogP contribution < -0.4 is 15.7 Å². The van der Waals surface area contributed by atoms with Gasteiger partial charge in [0.2, 0.25) is 0 Å². The number of thiazole rings is 1. The van der Waals surface area contributed by atoms with Crippen molar-refractivity contribution in [2.45, 2.75) is 19.3 Å². The number of aryl methyl sites for hydroxylation is 1. The number of hydrogen-bond donors (Lipinski definition) is 1. The molecule has 1 aromatic carbocycles. The zero-order valence-corrected chi connectivity index (χ0v) is 14.6. The average Bonchev–Trinajstić information content (AvgIpc) is 3.25. The largest absolute Gasteiger partial charge is 0.482 e. The van der Waals surface area contributed by atoms with E-state index in [1.54, 1.807) is 23.7 Å². The van der Waals surface area contributed by atoms with E-state index in [1.807, 2.05) is 0 Å². The third-order valence-corrected chi connectivity index (χ3v) is 5.05. The van der Waals surface area contributed by atoms with Gasteiger partial charge < -0.3 is 9.15 Å². The molecular weight excluding hydrogens is 364 g/mol. The van der Waals surface area contributed by atoms with E-state index in [2.05, 4.69) is 10.3 Å². The second kappa shape index (κ2) is 6.50. The number of fused-ring (bicyclic) bond motifs is 3. The van der Waals surface area contributed by atoms with E-state index >= 15 is 0 Å². The van der Waals surface area contributed by atoms with E-state index in [0.717, 1.165) is 35.8 Å². The molecule has 4 rings (SSSR count). The summed E-state index contributed by atoms with van der Waals surface area (Å²) in [6.45, 7) is -0.222. The molecule has 1 aliphatic rings. The molecule has 3 aromatic rings. The molecule has 0 spiro atoms. The number of rotatable bonds is 4. The van der Waals surface area contributed by atoms with Crippen molar-refractivity contribution in [2.24, 2.45) is 0 Å². The molecule has 0 unspecified atom stereocenters. The minimum absolute atomic E-state index is 0.222. The van der Waals surface area contributed by atoms with Gasteiger partial charge in [-0.05, 0) is 30.9 Å². The highest BCUT2D eigenvalue weighted by Gasteiger charge is 2.21. The number of carbonyl (C=O) groups excluding carboxylic acids is 1. The number of halogens is 1. The van der Waals surface area contributed by atoms with Crippen LogP contribution in [0.5, 0.6) is 5.75 Å². The number of hydrogen-bond acceptors (Lipinski definition) is 6. The van der Waals surface area contributed by atoms with Gasteiger partial charge >= 0.3 is 5.63 Å². The minimum Gasteiger partial charge on any atom is -0.482 e. The Morgan fingerprint density at radius 2 is 2.20 bits per heavy atom. The van der Waals surface area contributed by atoms with Gasteiger partial charge in [-0.15, -0.1) is 11.3 Å². The van der Waals surface area contributed by atoms with Crippen LogP contribution in [0.3, 0.4) is 0 Å². The van der Waals surface area contributed by atoms with Gasteiger partial charge in [0.05, 0.1) is 5.02 Å². The summed E-state index contributed by atoms with van der Waals surface area (Å²) in [7, 11) is 0. The van der Waals surface area contributed by atoms with Gasteiger partial charge in [-0.25, -0.2) is 9.78 Å². The normalized spacial score (nSPS) is 13.0. The maximum absolute atomic E-state index is 12.1. The van der Waals surface area contributed by atoms with Crippen LogP contribution in [0.4, 0.5) is 5.13 Å². The Bertz CT molecular complexity index is 1010.